The topological polar surface area (TPSA) is 41.6 Å². The van der Waals surface area contributed by atoms with Gasteiger partial charge in [-0.3, -0.25) is 0 Å². The number of ether oxygens (including phenoxy) is 1. The third-order valence-corrected chi connectivity index (χ3v) is 5.62. The second-order valence-electron chi connectivity index (χ2n) is 5.46. The molecule has 0 spiro atoms. The summed E-state index contributed by atoms with van der Waals surface area (Å²) in [4.78, 5) is 14.1. The molecule has 2 aromatic carbocycles. The summed E-state index contributed by atoms with van der Waals surface area (Å²) >= 11 is 4.92. The number of amides is 2. The van der Waals surface area contributed by atoms with Gasteiger partial charge in [0.15, 0.2) is 17.5 Å². The highest BCUT2D eigenvalue weighted by atomic mass is 79.9. The molecule has 0 bridgehead atoms. The number of carbonyl (C=O) groups is 1. The van der Waals surface area contributed by atoms with Gasteiger partial charge in [0.25, 0.3) is 0 Å². The van der Waals surface area contributed by atoms with E-state index in [9.17, 15) is 18.0 Å². The van der Waals surface area contributed by atoms with Crippen LogP contribution in [0.25, 0.3) is 0 Å². The van der Waals surface area contributed by atoms with Crippen LogP contribution in [-0.4, -0.2) is 30.3 Å². The summed E-state index contributed by atoms with van der Waals surface area (Å²) in [5.41, 5.74) is 0.371. The summed E-state index contributed by atoms with van der Waals surface area (Å²) in [5.74, 6) is -3.07. The highest BCUT2D eigenvalue weighted by Gasteiger charge is 2.33. The van der Waals surface area contributed by atoms with Crippen molar-refractivity contribution in [2.45, 2.75) is 5.37 Å². The number of hydrogen-bond acceptors (Lipinski definition) is 3. The Labute approximate surface area is 160 Å². The standard InChI is InChI=1S/C17H14BrF3N2O2S/c1-25-13-5-2-9(18)8-10(13)16-23(6-7-26-16)17(24)22-12-4-3-11(19)14(20)15(12)21/h2-5,8,16H,6-7H2,1H3,(H,22,24). The first-order chi connectivity index (χ1) is 12.4. The van der Waals surface area contributed by atoms with Crippen molar-refractivity contribution < 1.29 is 22.7 Å². The number of rotatable bonds is 3. The number of carbonyl (C=O) groups excluding carboxylic acids is 1. The van der Waals surface area contributed by atoms with Crippen LogP contribution in [0.5, 0.6) is 5.75 Å². The van der Waals surface area contributed by atoms with Crippen LogP contribution in [0.2, 0.25) is 0 Å². The summed E-state index contributed by atoms with van der Waals surface area (Å²) in [5, 5.41) is 1.96. The van der Waals surface area contributed by atoms with Gasteiger partial charge < -0.3 is 15.0 Å². The maximum Gasteiger partial charge on any atom is 0.323 e. The summed E-state index contributed by atoms with van der Waals surface area (Å²) in [6.07, 6.45) is 0. The fraction of sp³-hybridized carbons (Fsp3) is 0.235. The first-order valence-corrected chi connectivity index (χ1v) is 9.42. The molecule has 1 N–H and O–H groups in total. The maximum absolute atomic E-state index is 13.8. The minimum absolute atomic E-state index is 0.351. The van der Waals surface area contributed by atoms with E-state index < -0.39 is 29.2 Å². The molecule has 0 aliphatic carbocycles. The Morgan fingerprint density at radius 3 is 2.77 bits per heavy atom. The second kappa shape index (κ2) is 7.79. The lowest BCUT2D eigenvalue weighted by Crippen LogP contribution is -2.34. The Morgan fingerprint density at radius 1 is 1.27 bits per heavy atom. The summed E-state index contributed by atoms with van der Waals surface area (Å²) in [7, 11) is 1.54. The molecule has 1 saturated heterocycles. The van der Waals surface area contributed by atoms with Gasteiger partial charge in [-0.05, 0) is 30.3 Å². The SMILES string of the molecule is COc1ccc(Br)cc1C1SCCN1C(=O)Nc1ccc(F)c(F)c1F. The zero-order chi connectivity index (χ0) is 18.8. The maximum atomic E-state index is 13.8. The lowest BCUT2D eigenvalue weighted by Gasteiger charge is -2.26. The highest BCUT2D eigenvalue weighted by molar-refractivity contribution is 9.10. The Hall–Kier alpha value is -1.87. The van der Waals surface area contributed by atoms with Crippen molar-refractivity contribution in [3.63, 3.8) is 0 Å². The van der Waals surface area contributed by atoms with Gasteiger partial charge in [0.05, 0.1) is 12.8 Å². The molecule has 3 rings (SSSR count). The predicted molar refractivity (Wildman–Crippen MR) is 97.9 cm³/mol. The average molecular weight is 447 g/mol. The lowest BCUT2D eigenvalue weighted by molar-refractivity contribution is 0.213. The zero-order valence-corrected chi connectivity index (χ0v) is 16.0. The summed E-state index contributed by atoms with van der Waals surface area (Å²) in [6, 6.07) is 6.60. The fourth-order valence-electron chi connectivity index (χ4n) is 2.64. The minimum Gasteiger partial charge on any atom is -0.496 e. The van der Waals surface area contributed by atoms with Crippen LogP contribution in [-0.2, 0) is 0 Å². The predicted octanol–water partition coefficient (Wildman–Crippen LogP) is 5.15. The molecule has 4 nitrogen and oxygen atoms in total. The van der Waals surface area contributed by atoms with Crippen LogP contribution in [0.15, 0.2) is 34.8 Å². The van der Waals surface area contributed by atoms with Gasteiger partial charge >= 0.3 is 6.03 Å². The van der Waals surface area contributed by atoms with Crippen molar-refractivity contribution in [3.05, 3.63) is 57.8 Å². The van der Waals surface area contributed by atoms with Gasteiger partial charge in [-0.2, -0.15) is 0 Å². The van der Waals surface area contributed by atoms with E-state index in [4.69, 9.17) is 4.74 Å². The Kier molecular flexibility index (Phi) is 5.67. The first-order valence-electron chi connectivity index (χ1n) is 7.58. The monoisotopic (exact) mass is 446 g/mol. The molecule has 1 unspecified atom stereocenters. The van der Waals surface area contributed by atoms with Gasteiger partial charge in [-0.25, -0.2) is 18.0 Å². The van der Waals surface area contributed by atoms with Crippen molar-refractivity contribution in [3.8, 4) is 5.75 Å². The summed E-state index contributed by atoms with van der Waals surface area (Å²) in [6.45, 7) is 0.419. The largest absolute Gasteiger partial charge is 0.496 e. The molecule has 1 atom stereocenters. The molecule has 0 aromatic heterocycles. The van der Waals surface area contributed by atoms with Crippen LogP contribution in [0.1, 0.15) is 10.9 Å². The van der Waals surface area contributed by atoms with Crippen LogP contribution < -0.4 is 10.1 Å². The average Bonchev–Trinajstić information content (AvgIpc) is 3.12. The van der Waals surface area contributed by atoms with Crippen LogP contribution in [0, 0.1) is 17.5 Å². The number of benzene rings is 2. The molecule has 1 heterocycles. The number of hydrogen-bond donors (Lipinski definition) is 1. The van der Waals surface area contributed by atoms with Crippen molar-refractivity contribution in [2.75, 3.05) is 24.7 Å². The number of nitrogens with one attached hydrogen (secondary N) is 1. The molecule has 1 fully saturated rings. The number of thioether (sulfide) groups is 1. The molecule has 0 radical (unpaired) electrons. The molecule has 1 aliphatic rings. The van der Waals surface area contributed by atoms with Gasteiger partial charge in [0.2, 0.25) is 0 Å². The van der Waals surface area contributed by atoms with Crippen LogP contribution in [0.4, 0.5) is 23.7 Å². The van der Waals surface area contributed by atoms with E-state index in [1.807, 2.05) is 12.1 Å². The van der Waals surface area contributed by atoms with Gasteiger partial charge in [-0.15, -0.1) is 11.8 Å². The molecule has 9 heteroatoms. The van der Waals surface area contributed by atoms with E-state index in [2.05, 4.69) is 21.2 Å². The molecule has 2 amide bonds. The van der Waals surface area contributed by atoms with Gasteiger partial charge in [0, 0.05) is 22.3 Å². The Morgan fingerprint density at radius 2 is 2.04 bits per heavy atom. The molecule has 0 saturated carbocycles. The van der Waals surface area contributed by atoms with E-state index in [1.54, 1.807) is 6.07 Å². The van der Waals surface area contributed by atoms with Gasteiger partial charge in [-0.1, -0.05) is 15.9 Å². The fourth-order valence-corrected chi connectivity index (χ4v) is 4.29. The van der Waals surface area contributed by atoms with Crippen molar-refractivity contribution in [1.82, 2.24) is 4.90 Å². The molecular formula is C17H14BrF3N2O2S. The molecule has 1 aliphatic heterocycles. The van der Waals surface area contributed by atoms with Crippen molar-refractivity contribution in [2.24, 2.45) is 0 Å². The molecule has 26 heavy (non-hydrogen) atoms. The summed E-state index contributed by atoms with van der Waals surface area (Å²) < 4.78 is 46.4. The third-order valence-electron chi connectivity index (χ3n) is 3.89. The van der Waals surface area contributed by atoms with Crippen LogP contribution in [0.3, 0.4) is 0 Å². The van der Waals surface area contributed by atoms with Gasteiger partial charge in [0.1, 0.15) is 11.1 Å². The van der Waals surface area contributed by atoms with Crippen LogP contribution >= 0.6 is 27.7 Å². The lowest BCUT2D eigenvalue weighted by atomic mass is 10.2. The van der Waals surface area contributed by atoms with E-state index in [0.29, 0.717) is 18.0 Å². The zero-order valence-electron chi connectivity index (χ0n) is 13.6. The first kappa shape index (κ1) is 18.9. The molecule has 138 valence electrons. The smallest absolute Gasteiger partial charge is 0.323 e. The number of halogens is 4. The van der Waals surface area contributed by atoms with E-state index in [1.165, 1.54) is 23.8 Å². The number of nitrogens with zero attached hydrogens (tertiary/aromatic N) is 1. The number of urea groups is 1. The Bertz CT molecular complexity index is 853. The van der Waals surface area contributed by atoms with E-state index in [-0.39, 0.29) is 5.37 Å². The quantitative estimate of drug-likeness (QED) is 0.662. The normalized spacial score (nSPS) is 16.7. The van der Waals surface area contributed by atoms with E-state index >= 15 is 0 Å². The molecular weight excluding hydrogens is 433 g/mol. The second-order valence-corrected chi connectivity index (χ2v) is 7.56. The van der Waals surface area contributed by atoms with Crippen molar-refractivity contribution >= 4 is 39.4 Å². The minimum atomic E-state index is -1.62. The number of methoxy groups -OCH3 is 1. The van der Waals surface area contributed by atoms with Crippen molar-refractivity contribution in [1.29, 1.82) is 0 Å². The third kappa shape index (κ3) is 3.64. The van der Waals surface area contributed by atoms with E-state index in [0.717, 1.165) is 22.2 Å². The highest BCUT2D eigenvalue weighted by Crippen LogP contribution is 2.43. The number of anilines is 1. The Balaban J connectivity index is 1.86. The molecule has 2 aromatic rings.